The number of benzene rings is 1. The third-order valence-electron chi connectivity index (χ3n) is 4.44. The molecule has 0 radical (unpaired) electrons. The Kier molecular flexibility index (Phi) is 4.97. The zero-order valence-electron chi connectivity index (χ0n) is 15.7. The average Bonchev–Trinajstić information content (AvgIpc) is 3.25. The van der Waals surface area contributed by atoms with Gasteiger partial charge < -0.3 is 10.8 Å². The topological polar surface area (TPSA) is 99.0 Å². The van der Waals surface area contributed by atoms with E-state index in [1.807, 2.05) is 41.4 Å². The number of fused-ring (bicyclic) bond motifs is 1. The number of nitrogens with zero attached hydrogens (tertiary/aromatic N) is 4. The van der Waals surface area contributed by atoms with Crippen LogP contribution in [0.25, 0.3) is 16.6 Å². The number of nitrogens with two attached hydrogens (primary N) is 1. The molecule has 3 heterocycles. The molecule has 0 amide bonds. The average molecular weight is 428 g/mol. The molecule has 29 heavy (non-hydrogen) atoms. The Morgan fingerprint density at radius 3 is 2.76 bits per heavy atom. The lowest BCUT2D eigenvalue weighted by atomic mass is 10.2. The van der Waals surface area contributed by atoms with Gasteiger partial charge in [0.05, 0.1) is 22.3 Å². The van der Waals surface area contributed by atoms with Crippen molar-refractivity contribution in [3.8, 4) is 5.69 Å². The van der Waals surface area contributed by atoms with E-state index in [1.54, 1.807) is 24.4 Å². The molecule has 0 aliphatic rings. The number of nitrogen functional groups attached to an aromatic ring is 1. The first-order valence-corrected chi connectivity index (χ1v) is 10.1. The van der Waals surface area contributed by atoms with Crippen LogP contribution in [0.2, 0.25) is 5.02 Å². The van der Waals surface area contributed by atoms with Crippen molar-refractivity contribution >= 4 is 46.1 Å². The highest BCUT2D eigenvalue weighted by Crippen LogP contribution is 2.41. The quantitative estimate of drug-likeness (QED) is 0.470. The summed E-state index contributed by atoms with van der Waals surface area (Å²) in [5.74, 6) is -0.561. The second-order valence-corrected chi connectivity index (χ2v) is 8.22. The van der Waals surface area contributed by atoms with Crippen LogP contribution in [0, 0.1) is 0 Å². The van der Waals surface area contributed by atoms with Crippen molar-refractivity contribution in [2.24, 2.45) is 0 Å². The minimum Gasteiger partial charge on any atom is -0.477 e. The molecule has 0 saturated heterocycles. The van der Waals surface area contributed by atoms with Crippen molar-refractivity contribution in [3.63, 3.8) is 0 Å². The summed E-state index contributed by atoms with van der Waals surface area (Å²) >= 11 is 7.57. The van der Waals surface area contributed by atoms with Gasteiger partial charge in [-0.2, -0.15) is 5.10 Å². The van der Waals surface area contributed by atoms with Gasteiger partial charge in [0.2, 0.25) is 0 Å². The van der Waals surface area contributed by atoms with Gasteiger partial charge in [-0.3, -0.25) is 9.25 Å². The molecule has 0 atom stereocenters. The standard InChI is InChI=1S/C20H18ClN5O2S/c1-11(2)25-10-13(9-23-25)26-16-8-12(21)6-7-14(16)18(19(26)22)29-17-5-3-4-15(24-17)20(27)28/h3-11H,22H2,1-2H3,(H,27,28). The van der Waals surface area contributed by atoms with Crippen LogP contribution in [0.15, 0.2) is 58.7 Å². The molecule has 9 heteroatoms. The molecule has 4 aromatic rings. The van der Waals surface area contributed by atoms with Gasteiger partial charge in [-0.15, -0.1) is 0 Å². The maximum atomic E-state index is 11.2. The molecule has 0 aliphatic heterocycles. The van der Waals surface area contributed by atoms with Crippen LogP contribution < -0.4 is 5.73 Å². The minimum atomic E-state index is -1.07. The van der Waals surface area contributed by atoms with Gasteiger partial charge in [0.15, 0.2) is 0 Å². The smallest absolute Gasteiger partial charge is 0.354 e. The SMILES string of the molecule is CC(C)n1cc(-n2c(N)c(Sc3cccc(C(=O)O)n3)c3ccc(Cl)cc32)cn1. The summed E-state index contributed by atoms with van der Waals surface area (Å²) in [6, 6.07) is 10.7. The number of carboxylic acids is 1. The maximum absolute atomic E-state index is 11.2. The van der Waals surface area contributed by atoms with Gasteiger partial charge in [0.25, 0.3) is 0 Å². The molecule has 0 fully saturated rings. The zero-order valence-corrected chi connectivity index (χ0v) is 17.3. The Morgan fingerprint density at radius 2 is 2.07 bits per heavy atom. The Labute approximate surface area is 176 Å². The fourth-order valence-electron chi connectivity index (χ4n) is 3.06. The largest absolute Gasteiger partial charge is 0.477 e. The molecule has 1 aromatic carbocycles. The molecule has 7 nitrogen and oxygen atoms in total. The van der Waals surface area contributed by atoms with Gasteiger partial charge in [0.1, 0.15) is 16.5 Å². The van der Waals surface area contributed by atoms with Gasteiger partial charge in [-0.05, 0) is 38.1 Å². The Balaban J connectivity index is 1.88. The molecule has 0 saturated carbocycles. The van der Waals surface area contributed by atoms with Crippen LogP contribution >= 0.6 is 23.4 Å². The summed E-state index contributed by atoms with van der Waals surface area (Å²) in [6.45, 7) is 4.10. The number of aromatic nitrogens is 4. The first kappa shape index (κ1) is 19.4. The van der Waals surface area contributed by atoms with E-state index >= 15 is 0 Å². The van der Waals surface area contributed by atoms with E-state index in [1.165, 1.54) is 17.8 Å². The summed E-state index contributed by atoms with van der Waals surface area (Å²) in [4.78, 5) is 16.2. The molecule has 0 aliphatic carbocycles. The number of rotatable bonds is 5. The minimum absolute atomic E-state index is 0.0152. The lowest BCUT2D eigenvalue weighted by molar-refractivity contribution is 0.0689. The van der Waals surface area contributed by atoms with Crippen LogP contribution in [0.1, 0.15) is 30.4 Å². The van der Waals surface area contributed by atoms with Crippen molar-refractivity contribution in [2.75, 3.05) is 5.73 Å². The van der Waals surface area contributed by atoms with Crippen LogP contribution in [0.3, 0.4) is 0 Å². The molecule has 0 bridgehead atoms. The van der Waals surface area contributed by atoms with Gasteiger partial charge in [-0.1, -0.05) is 35.5 Å². The molecule has 3 N–H and O–H groups in total. The normalized spacial score (nSPS) is 11.4. The number of halogens is 1. The second-order valence-electron chi connectivity index (χ2n) is 6.75. The Hall–Kier alpha value is -2.97. The highest BCUT2D eigenvalue weighted by molar-refractivity contribution is 7.99. The highest BCUT2D eigenvalue weighted by atomic mass is 35.5. The third kappa shape index (κ3) is 3.56. The zero-order chi connectivity index (χ0) is 20.7. The van der Waals surface area contributed by atoms with Crippen LogP contribution in [0.4, 0.5) is 5.82 Å². The van der Waals surface area contributed by atoms with E-state index in [-0.39, 0.29) is 11.7 Å². The molecule has 0 spiro atoms. The summed E-state index contributed by atoms with van der Waals surface area (Å²) in [6.07, 6.45) is 3.69. The molecule has 4 rings (SSSR count). The van der Waals surface area contributed by atoms with Crippen LogP contribution in [0.5, 0.6) is 0 Å². The number of carbonyl (C=O) groups is 1. The number of aromatic carboxylic acids is 1. The Morgan fingerprint density at radius 1 is 1.28 bits per heavy atom. The van der Waals surface area contributed by atoms with E-state index < -0.39 is 5.97 Å². The predicted octanol–water partition coefficient (Wildman–Crippen LogP) is 4.89. The summed E-state index contributed by atoms with van der Waals surface area (Å²) in [5, 5.41) is 15.7. The lowest BCUT2D eigenvalue weighted by Gasteiger charge is -2.07. The monoisotopic (exact) mass is 427 g/mol. The maximum Gasteiger partial charge on any atom is 0.354 e. The van der Waals surface area contributed by atoms with Gasteiger partial charge in [-0.25, -0.2) is 9.78 Å². The summed E-state index contributed by atoms with van der Waals surface area (Å²) in [5.41, 5.74) is 8.20. The number of carboxylic acid groups (broad SMARTS) is 1. The van der Waals surface area contributed by atoms with Crippen LogP contribution in [-0.4, -0.2) is 30.4 Å². The molecule has 0 unspecified atom stereocenters. The molecular formula is C20H18ClN5O2S. The van der Waals surface area contributed by atoms with E-state index in [0.29, 0.717) is 15.9 Å². The third-order valence-corrected chi connectivity index (χ3v) is 5.75. The fraction of sp³-hybridized carbons (Fsp3) is 0.150. The van der Waals surface area contributed by atoms with Crippen molar-refractivity contribution in [1.82, 2.24) is 19.3 Å². The second kappa shape index (κ2) is 7.46. The van der Waals surface area contributed by atoms with Crippen molar-refractivity contribution in [2.45, 2.75) is 29.8 Å². The molecule has 148 valence electrons. The lowest BCUT2D eigenvalue weighted by Crippen LogP contribution is -2.02. The predicted molar refractivity (Wildman–Crippen MR) is 114 cm³/mol. The van der Waals surface area contributed by atoms with E-state index in [4.69, 9.17) is 17.3 Å². The van der Waals surface area contributed by atoms with Crippen molar-refractivity contribution in [3.05, 3.63) is 59.5 Å². The number of anilines is 1. The van der Waals surface area contributed by atoms with Crippen molar-refractivity contribution in [1.29, 1.82) is 0 Å². The first-order valence-electron chi connectivity index (χ1n) is 8.87. The molecule has 3 aromatic heterocycles. The number of hydrogen-bond donors (Lipinski definition) is 2. The Bertz CT molecular complexity index is 1230. The van der Waals surface area contributed by atoms with E-state index in [2.05, 4.69) is 10.1 Å². The molecular weight excluding hydrogens is 410 g/mol. The van der Waals surface area contributed by atoms with E-state index in [9.17, 15) is 9.90 Å². The fourth-order valence-corrected chi connectivity index (χ4v) is 4.20. The summed E-state index contributed by atoms with van der Waals surface area (Å²) in [7, 11) is 0. The first-order chi connectivity index (χ1) is 13.8. The van der Waals surface area contributed by atoms with Gasteiger partial charge in [0, 0.05) is 22.6 Å². The summed E-state index contributed by atoms with van der Waals surface area (Å²) < 4.78 is 3.76. The van der Waals surface area contributed by atoms with E-state index in [0.717, 1.165) is 21.5 Å². The van der Waals surface area contributed by atoms with Gasteiger partial charge >= 0.3 is 5.97 Å². The highest BCUT2D eigenvalue weighted by Gasteiger charge is 2.20. The van der Waals surface area contributed by atoms with Crippen molar-refractivity contribution < 1.29 is 9.90 Å². The van der Waals surface area contributed by atoms with Crippen LogP contribution in [-0.2, 0) is 0 Å². The number of hydrogen-bond acceptors (Lipinski definition) is 5. The number of pyridine rings is 1.